The molecule has 0 aromatic carbocycles. The molecule has 2 rings (SSSR count). The first-order valence-corrected chi connectivity index (χ1v) is 8.36. The topological polar surface area (TPSA) is 62.2 Å². The van der Waals surface area contributed by atoms with Gasteiger partial charge in [-0.05, 0) is 43.1 Å². The van der Waals surface area contributed by atoms with Gasteiger partial charge in [0, 0.05) is 19.3 Å². The lowest BCUT2D eigenvalue weighted by Crippen LogP contribution is -2.35. The Balaban J connectivity index is 1.94. The van der Waals surface area contributed by atoms with Crippen molar-refractivity contribution in [1.29, 1.82) is 0 Å². The van der Waals surface area contributed by atoms with E-state index in [1.165, 1.54) is 24.6 Å². The number of carbonyl (C=O) groups is 1. The second kappa shape index (κ2) is 7.64. The van der Waals surface area contributed by atoms with Crippen molar-refractivity contribution in [3.05, 3.63) is 23.9 Å². The molecular formula is C15H22N2O2S. The first kappa shape index (κ1) is 15.3. The maximum atomic E-state index is 12.2. The standard InChI is InChI=1S/C15H22N2O2S/c1-20-15-13(7-4-8-16-15)14(19)17-9-11-5-2-3-6-12(11)10-18/h4,7-8,11-12,18H,2-3,5-6,9-10H2,1H3,(H,17,19). The van der Waals surface area contributed by atoms with E-state index in [4.69, 9.17) is 0 Å². The number of amides is 1. The monoisotopic (exact) mass is 294 g/mol. The minimum atomic E-state index is -0.0651. The highest BCUT2D eigenvalue weighted by Gasteiger charge is 2.25. The molecule has 1 fully saturated rings. The van der Waals surface area contributed by atoms with Crippen molar-refractivity contribution < 1.29 is 9.90 Å². The number of hydrogen-bond acceptors (Lipinski definition) is 4. The van der Waals surface area contributed by atoms with Crippen LogP contribution in [0.25, 0.3) is 0 Å². The van der Waals surface area contributed by atoms with Crippen LogP contribution in [0.1, 0.15) is 36.0 Å². The zero-order chi connectivity index (χ0) is 14.4. The van der Waals surface area contributed by atoms with E-state index in [1.807, 2.05) is 6.26 Å². The van der Waals surface area contributed by atoms with Crippen LogP contribution in [-0.2, 0) is 0 Å². The van der Waals surface area contributed by atoms with Gasteiger partial charge in [0.2, 0.25) is 0 Å². The third-order valence-corrected chi connectivity index (χ3v) is 4.75. The maximum Gasteiger partial charge on any atom is 0.254 e. The summed E-state index contributed by atoms with van der Waals surface area (Å²) >= 11 is 1.48. The van der Waals surface area contributed by atoms with Gasteiger partial charge in [0.25, 0.3) is 5.91 Å². The van der Waals surface area contributed by atoms with Gasteiger partial charge in [-0.15, -0.1) is 11.8 Å². The van der Waals surface area contributed by atoms with Crippen molar-refractivity contribution >= 4 is 17.7 Å². The Morgan fingerprint density at radius 3 is 2.90 bits per heavy atom. The molecule has 0 radical (unpaired) electrons. The van der Waals surface area contributed by atoms with E-state index in [2.05, 4.69) is 10.3 Å². The Kier molecular flexibility index (Phi) is 5.86. The predicted octanol–water partition coefficient (Wildman–Crippen LogP) is 2.33. The lowest BCUT2D eigenvalue weighted by Gasteiger charge is -2.30. The normalized spacial score (nSPS) is 22.5. The van der Waals surface area contributed by atoms with E-state index >= 15 is 0 Å². The van der Waals surface area contributed by atoms with Crippen LogP contribution in [0.2, 0.25) is 0 Å². The van der Waals surface area contributed by atoms with Gasteiger partial charge in [0.05, 0.1) is 5.56 Å². The second-order valence-electron chi connectivity index (χ2n) is 5.26. The van der Waals surface area contributed by atoms with Crippen molar-refractivity contribution in [3.8, 4) is 0 Å². The van der Waals surface area contributed by atoms with Gasteiger partial charge in [-0.1, -0.05) is 12.8 Å². The van der Waals surface area contributed by atoms with Gasteiger partial charge >= 0.3 is 0 Å². The summed E-state index contributed by atoms with van der Waals surface area (Å²) in [5.41, 5.74) is 0.636. The van der Waals surface area contributed by atoms with E-state index in [1.54, 1.807) is 18.3 Å². The molecule has 4 nitrogen and oxygen atoms in total. The number of aliphatic hydroxyl groups is 1. The smallest absolute Gasteiger partial charge is 0.254 e. The number of aliphatic hydroxyl groups excluding tert-OH is 1. The summed E-state index contributed by atoms with van der Waals surface area (Å²) in [7, 11) is 0. The van der Waals surface area contributed by atoms with E-state index in [0.29, 0.717) is 23.9 Å². The van der Waals surface area contributed by atoms with E-state index in [-0.39, 0.29) is 12.5 Å². The molecule has 0 saturated heterocycles. The van der Waals surface area contributed by atoms with Gasteiger partial charge in [-0.3, -0.25) is 4.79 Å². The summed E-state index contributed by atoms with van der Waals surface area (Å²) in [6.07, 6.45) is 8.16. The number of carbonyl (C=O) groups excluding carboxylic acids is 1. The summed E-state index contributed by atoms with van der Waals surface area (Å²) < 4.78 is 0. The molecule has 110 valence electrons. The molecular weight excluding hydrogens is 272 g/mol. The average molecular weight is 294 g/mol. The molecule has 5 heteroatoms. The number of nitrogens with one attached hydrogen (secondary N) is 1. The number of pyridine rings is 1. The molecule has 0 spiro atoms. The fraction of sp³-hybridized carbons (Fsp3) is 0.600. The number of hydrogen-bond donors (Lipinski definition) is 2. The molecule has 2 N–H and O–H groups in total. The molecule has 1 aliphatic rings. The van der Waals surface area contributed by atoms with Crippen molar-refractivity contribution in [1.82, 2.24) is 10.3 Å². The van der Waals surface area contributed by atoms with Crippen LogP contribution in [0.15, 0.2) is 23.4 Å². The maximum absolute atomic E-state index is 12.2. The SMILES string of the molecule is CSc1ncccc1C(=O)NCC1CCCCC1CO. The number of nitrogens with zero attached hydrogens (tertiary/aromatic N) is 1. The first-order valence-electron chi connectivity index (χ1n) is 7.14. The third kappa shape index (κ3) is 3.73. The Labute approximate surface area is 124 Å². The Hall–Kier alpha value is -1.07. The summed E-state index contributed by atoms with van der Waals surface area (Å²) in [6.45, 7) is 0.871. The van der Waals surface area contributed by atoms with Crippen LogP contribution < -0.4 is 5.32 Å². The largest absolute Gasteiger partial charge is 0.396 e. The van der Waals surface area contributed by atoms with Gasteiger partial charge in [-0.25, -0.2) is 4.98 Å². The van der Waals surface area contributed by atoms with Crippen LogP contribution in [0.3, 0.4) is 0 Å². The zero-order valence-corrected chi connectivity index (χ0v) is 12.7. The third-order valence-electron chi connectivity index (χ3n) is 4.03. The molecule has 0 bridgehead atoms. The first-order chi connectivity index (χ1) is 9.76. The molecule has 20 heavy (non-hydrogen) atoms. The highest BCUT2D eigenvalue weighted by Crippen LogP contribution is 2.29. The fourth-order valence-electron chi connectivity index (χ4n) is 2.84. The fourth-order valence-corrected chi connectivity index (χ4v) is 3.39. The predicted molar refractivity (Wildman–Crippen MR) is 80.9 cm³/mol. The van der Waals surface area contributed by atoms with Crippen LogP contribution >= 0.6 is 11.8 Å². The van der Waals surface area contributed by atoms with E-state index in [0.717, 1.165) is 17.9 Å². The number of aromatic nitrogens is 1. The van der Waals surface area contributed by atoms with Crippen LogP contribution in [-0.4, -0.2) is 35.4 Å². The van der Waals surface area contributed by atoms with Crippen molar-refractivity contribution in [2.45, 2.75) is 30.7 Å². The Morgan fingerprint density at radius 2 is 2.20 bits per heavy atom. The molecule has 1 aromatic heterocycles. The summed E-state index contributed by atoms with van der Waals surface area (Å²) in [6, 6.07) is 3.59. The molecule has 0 aliphatic heterocycles. The van der Waals surface area contributed by atoms with Crippen molar-refractivity contribution in [2.75, 3.05) is 19.4 Å². The van der Waals surface area contributed by atoms with Gasteiger partial charge in [0.15, 0.2) is 0 Å². The van der Waals surface area contributed by atoms with Crippen molar-refractivity contribution in [3.63, 3.8) is 0 Å². The number of thioether (sulfide) groups is 1. The summed E-state index contributed by atoms with van der Waals surface area (Å²) in [5, 5.41) is 13.2. The lowest BCUT2D eigenvalue weighted by atomic mass is 9.79. The zero-order valence-electron chi connectivity index (χ0n) is 11.8. The van der Waals surface area contributed by atoms with E-state index < -0.39 is 0 Å². The van der Waals surface area contributed by atoms with Crippen LogP contribution in [0, 0.1) is 11.8 Å². The lowest BCUT2D eigenvalue weighted by molar-refractivity contribution is 0.0906. The Bertz CT molecular complexity index is 453. The number of rotatable bonds is 5. The minimum absolute atomic E-state index is 0.0651. The van der Waals surface area contributed by atoms with Crippen molar-refractivity contribution in [2.24, 2.45) is 11.8 Å². The highest BCUT2D eigenvalue weighted by atomic mass is 32.2. The van der Waals surface area contributed by atoms with Gasteiger partial charge in [0.1, 0.15) is 5.03 Å². The van der Waals surface area contributed by atoms with Crippen LogP contribution in [0.5, 0.6) is 0 Å². The molecule has 1 aromatic rings. The quantitative estimate of drug-likeness (QED) is 0.818. The second-order valence-corrected chi connectivity index (χ2v) is 6.05. The minimum Gasteiger partial charge on any atom is -0.396 e. The summed E-state index contributed by atoms with van der Waals surface area (Å²) in [4.78, 5) is 16.4. The van der Waals surface area contributed by atoms with Crippen LogP contribution in [0.4, 0.5) is 0 Å². The molecule has 1 saturated carbocycles. The molecule has 2 unspecified atom stereocenters. The van der Waals surface area contributed by atoms with Gasteiger partial charge < -0.3 is 10.4 Å². The Morgan fingerprint density at radius 1 is 1.45 bits per heavy atom. The summed E-state index contributed by atoms with van der Waals surface area (Å²) in [5.74, 6) is 0.662. The van der Waals surface area contributed by atoms with E-state index in [9.17, 15) is 9.90 Å². The molecule has 1 heterocycles. The molecule has 2 atom stereocenters. The molecule has 1 amide bonds. The highest BCUT2D eigenvalue weighted by molar-refractivity contribution is 7.98. The molecule has 1 aliphatic carbocycles. The average Bonchev–Trinajstić information content (AvgIpc) is 2.52. The van der Waals surface area contributed by atoms with Gasteiger partial charge in [-0.2, -0.15) is 0 Å².